The molecule has 4 aliphatic rings. The molecule has 2 aromatic heterocycles. The highest BCUT2D eigenvalue weighted by molar-refractivity contribution is 5.70. The van der Waals surface area contributed by atoms with Gasteiger partial charge >= 0.3 is 12.1 Å². The Bertz CT molecular complexity index is 1090. The highest BCUT2D eigenvalue weighted by atomic mass is 16.6. The van der Waals surface area contributed by atoms with E-state index in [0.29, 0.717) is 53.3 Å². The lowest BCUT2D eigenvalue weighted by molar-refractivity contribution is -0.143. The van der Waals surface area contributed by atoms with Crippen LogP contribution >= 0.6 is 0 Å². The number of aromatic nitrogens is 4. The number of ether oxygens (including phenoxy) is 2. The van der Waals surface area contributed by atoms with Crippen molar-refractivity contribution in [2.75, 3.05) is 6.54 Å². The molecule has 2 aliphatic carbocycles. The van der Waals surface area contributed by atoms with Crippen molar-refractivity contribution in [3.05, 3.63) is 23.5 Å². The number of carbonyl (C=O) groups is 2. The van der Waals surface area contributed by atoms with Gasteiger partial charge in [0, 0.05) is 19.6 Å². The van der Waals surface area contributed by atoms with E-state index in [2.05, 4.69) is 15.3 Å². The summed E-state index contributed by atoms with van der Waals surface area (Å²) in [5, 5.41) is 17.7. The molecule has 2 atom stereocenters. The van der Waals surface area contributed by atoms with Crippen molar-refractivity contribution in [1.82, 2.24) is 24.9 Å². The molecule has 1 amide bonds. The van der Waals surface area contributed by atoms with Crippen molar-refractivity contribution in [3.63, 3.8) is 0 Å². The number of hydrogen-bond donors (Lipinski definition) is 1. The fourth-order valence-electron chi connectivity index (χ4n) is 5.70. The smallest absolute Gasteiger partial charge is 0.410 e. The van der Waals surface area contributed by atoms with Gasteiger partial charge in [-0.25, -0.2) is 14.5 Å². The molecule has 4 heterocycles. The second-order valence-corrected chi connectivity index (χ2v) is 10.1. The summed E-state index contributed by atoms with van der Waals surface area (Å²) >= 11 is 0. The molecule has 4 fully saturated rings. The molecule has 0 spiro atoms. The fourth-order valence-corrected chi connectivity index (χ4v) is 5.70. The molecule has 0 unspecified atom stereocenters. The van der Waals surface area contributed by atoms with E-state index in [1.54, 1.807) is 11.7 Å². The molecular formula is C25H33N5O5. The molecule has 2 saturated carbocycles. The molecular weight excluding hydrogens is 450 g/mol. The van der Waals surface area contributed by atoms with Crippen LogP contribution in [0.2, 0.25) is 0 Å². The minimum atomic E-state index is -0.757. The average molecular weight is 484 g/mol. The third-order valence-electron chi connectivity index (χ3n) is 7.77. The van der Waals surface area contributed by atoms with E-state index < -0.39 is 5.97 Å². The quantitative estimate of drug-likeness (QED) is 0.660. The van der Waals surface area contributed by atoms with Crippen LogP contribution in [0.15, 0.2) is 12.1 Å². The molecule has 10 heteroatoms. The van der Waals surface area contributed by atoms with Crippen molar-refractivity contribution in [3.8, 4) is 17.1 Å². The molecule has 10 nitrogen and oxygen atoms in total. The van der Waals surface area contributed by atoms with Crippen LogP contribution in [0.5, 0.6) is 5.75 Å². The van der Waals surface area contributed by atoms with Crippen LogP contribution in [0.4, 0.5) is 4.79 Å². The van der Waals surface area contributed by atoms with Gasteiger partial charge in [0.05, 0.1) is 23.4 Å². The zero-order valence-corrected chi connectivity index (χ0v) is 20.4. The highest BCUT2D eigenvalue weighted by Crippen LogP contribution is 2.35. The predicted molar refractivity (Wildman–Crippen MR) is 126 cm³/mol. The SMILES string of the molecule is Cc1nc(-c2nnn(C)c2COC(=O)N2CC3CCC2CC3)ccc1O[C@H]1CCC[C@H](C(=O)O)C1. The van der Waals surface area contributed by atoms with Gasteiger partial charge in [0.1, 0.15) is 23.7 Å². The molecule has 188 valence electrons. The minimum Gasteiger partial charge on any atom is -0.489 e. The number of nitrogens with zero attached hydrogens (tertiary/aromatic N) is 5. The van der Waals surface area contributed by atoms with Crippen LogP contribution in [0.1, 0.15) is 62.8 Å². The second kappa shape index (κ2) is 9.83. The van der Waals surface area contributed by atoms with E-state index in [9.17, 15) is 14.7 Å². The van der Waals surface area contributed by atoms with Crippen LogP contribution in [0.25, 0.3) is 11.4 Å². The Morgan fingerprint density at radius 3 is 2.63 bits per heavy atom. The fraction of sp³-hybridized carbons (Fsp3) is 0.640. The molecule has 2 aromatic rings. The summed E-state index contributed by atoms with van der Waals surface area (Å²) in [5.74, 6) is 0.123. The Labute approximate surface area is 204 Å². The molecule has 35 heavy (non-hydrogen) atoms. The summed E-state index contributed by atoms with van der Waals surface area (Å²) < 4.78 is 13.4. The van der Waals surface area contributed by atoms with Crippen molar-refractivity contribution in [1.29, 1.82) is 0 Å². The summed E-state index contributed by atoms with van der Waals surface area (Å²) in [5.41, 5.74) is 2.56. The Kier molecular flexibility index (Phi) is 6.62. The molecule has 2 bridgehead atoms. The summed E-state index contributed by atoms with van der Waals surface area (Å²) in [6.45, 7) is 2.72. The number of rotatable bonds is 6. The number of carboxylic acids is 1. The number of pyridine rings is 1. The maximum atomic E-state index is 12.8. The topological polar surface area (TPSA) is 120 Å². The number of carboxylic acid groups (broad SMARTS) is 1. The molecule has 1 N–H and O–H groups in total. The number of amides is 1. The van der Waals surface area contributed by atoms with Crippen LogP contribution in [0.3, 0.4) is 0 Å². The lowest BCUT2D eigenvalue weighted by Gasteiger charge is -2.44. The Hall–Kier alpha value is -3.17. The van der Waals surface area contributed by atoms with Crippen molar-refractivity contribution >= 4 is 12.1 Å². The van der Waals surface area contributed by atoms with Crippen molar-refractivity contribution < 1.29 is 24.2 Å². The number of carbonyl (C=O) groups excluding carboxylic acids is 1. The van der Waals surface area contributed by atoms with E-state index >= 15 is 0 Å². The number of fused-ring (bicyclic) bond motifs is 3. The summed E-state index contributed by atoms with van der Waals surface area (Å²) in [6, 6.07) is 3.96. The van der Waals surface area contributed by atoms with Gasteiger partial charge in [0.15, 0.2) is 0 Å². The Morgan fingerprint density at radius 1 is 1.14 bits per heavy atom. The van der Waals surface area contributed by atoms with E-state index in [1.807, 2.05) is 24.0 Å². The number of aryl methyl sites for hydroxylation is 2. The second-order valence-electron chi connectivity index (χ2n) is 10.1. The first-order valence-electron chi connectivity index (χ1n) is 12.6. The van der Waals surface area contributed by atoms with Crippen molar-refractivity contribution in [2.45, 2.75) is 77.0 Å². The highest BCUT2D eigenvalue weighted by Gasteiger charge is 2.37. The summed E-state index contributed by atoms with van der Waals surface area (Å²) in [6.07, 6.45) is 7.02. The van der Waals surface area contributed by atoms with Gasteiger partial charge in [-0.15, -0.1) is 5.10 Å². The van der Waals surface area contributed by atoms with Gasteiger partial charge in [-0.3, -0.25) is 4.79 Å². The lowest BCUT2D eigenvalue weighted by atomic mass is 9.80. The zero-order chi connectivity index (χ0) is 24.5. The maximum absolute atomic E-state index is 12.8. The molecule has 0 aromatic carbocycles. The lowest BCUT2D eigenvalue weighted by Crippen LogP contribution is -2.50. The van der Waals surface area contributed by atoms with Gasteiger partial charge in [-0.05, 0) is 76.3 Å². The number of piperidine rings is 2. The Balaban J connectivity index is 1.25. The van der Waals surface area contributed by atoms with E-state index in [4.69, 9.17) is 9.47 Å². The first-order valence-corrected chi connectivity index (χ1v) is 12.6. The predicted octanol–water partition coefficient (Wildman–Crippen LogP) is 3.72. The van der Waals surface area contributed by atoms with Gasteiger partial charge in [-0.2, -0.15) is 0 Å². The molecule has 0 radical (unpaired) electrons. The monoisotopic (exact) mass is 483 g/mol. The summed E-state index contributed by atoms with van der Waals surface area (Å²) in [4.78, 5) is 30.7. The maximum Gasteiger partial charge on any atom is 0.410 e. The van der Waals surface area contributed by atoms with Gasteiger partial charge < -0.3 is 19.5 Å². The van der Waals surface area contributed by atoms with Crippen molar-refractivity contribution in [2.24, 2.45) is 18.9 Å². The van der Waals surface area contributed by atoms with Gasteiger partial charge in [-0.1, -0.05) is 5.21 Å². The van der Waals surface area contributed by atoms with Crippen LogP contribution in [-0.2, 0) is 23.2 Å². The van der Waals surface area contributed by atoms with E-state index in [0.717, 1.165) is 32.2 Å². The average Bonchev–Trinajstić information content (AvgIpc) is 3.24. The number of hydrogen-bond acceptors (Lipinski definition) is 7. The van der Waals surface area contributed by atoms with E-state index in [-0.39, 0.29) is 24.7 Å². The third kappa shape index (κ3) is 4.97. The molecule has 6 rings (SSSR count). The first kappa shape index (κ1) is 23.6. The van der Waals surface area contributed by atoms with Crippen LogP contribution in [-0.4, -0.2) is 60.7 Å². The third-order valence-corrected chi connectivity index (χ3v) is 7.77. The Morgan fingerprint density at radius 2 is 1.94 bits per heavy atom. The number of aliphatic carboxylic acids is 1. The molecule has 2 aliphatic heterocycles. The van der Waals surface area contributed by atoms with Crippen LogP contribution < -0.4 is 4.74 Å². The largest absolute Gasteiger partial charge is 0.489 e. The van der Waals surface area contributed by atoms with Gasteiger partial charge in [0.25, 0.3) is 0 Å². The minimum absolute atomic E-state index is 0.0726. The zero-order valence-electron chi connectivity index (χ0n) is 20.4. The van der Waals surface area contributed by atoms with Crippen LogP contribution in [0, 0.1) is 18.8 Å². The van der Waals surface area contributed by atoms with E-state index in [1.165, 1.54) is 12.8 Å². The normalized spacial score (nSPS) is 25.9. The van der Waals surface area contributed by atoms with Gasteiger partial charge in [0.2, 0.25) is 0 Å². The standard InChI is InChI=1S/C25H33N5O5/c1-15-22(35-19-5-3-4-17(12-19)24(31)32)11-10-20(26-15)23-21(29(2)28-27-23)14-34-25(33)30-13-16-6-8-18(30)9-7-16/h10-11,16-19H,3-9,12-14H2,1-2H3,(H,31,32)/t16?,17-,18?,19-/m0/s1. The molecule has 2 saturated heterocycles. The summed E-state index contributed by atoms with van der Waals surface area (Å²) in [7, 11) is 1.77. The first-order chi connectivity index (χ1) is 16.9.